The smallest absolute Gasteiger partial charge is 0.381 e. The number of aromatic nitrogens is 1. The summed E-state index contributed by atoms with van der Waals surface area (Å²) in [7, 11) is 1.68. The summed E-state index contributed by atoms with van der Waals surface area (Å²) in [5.74, 6) is -0.972. The summed E-state index contributed by atoms with van der Waals surface area (Å²) in [6, 6.07) is 15.3. The van der Waals surface area contributed by atoms with Crippen molar-refractivity contribution in [2.75, 3.05) is 51.3 Å². The number of nitrogens with zero attached hydrogens (tertiary/aromatic N) is 4. The molecule has 0 radical (unpaired) electrons. The van der Waals surface area contributed by atoms with Gasteiger partial charge in [0.15, 0.2) is 6.04 Å². The van der Waals surface area contributed by atoms with E-state index in [1.165, 1.54) is 42.8 Å². The third-order valence-corrected chi connectivity index (χ3v) is 11.5. The molecule has 1 atom stereocenters. The molecule has 3 fully saturated rings. The van der Waals surface area contributed by atoms with E-state index in [2.05, 4.69) is 20.0 Å². The number of hydrogen-bond donors (Lipinski definition) is 1. The van der Waals surface area contributed by atoms with Crippen molar-refractivity contribution in [3.8, 4) is 11.3 Å². The molecule has 7 nitrogen and oxygen atoms in total. The fourth-order valence-electron chi connectivity index (χ4n) is 8.48. The van der Waals surface area contributed by atoms with E-state index in [-0.39, 0.29) is 35.0 Å². The first-order valence-electron chi connectivity index (χ1n) is 19.2. The van der Waals surface area contributed by atoms with Gasteiger partial charge in [-0.25, -0.2) is 4.98 Å². The molecule has 1 aromatic heterocycles. The molecule has 1 unspecified atom stereocenters. The van der Waals surface area contributed by atoms with Gasteiger partial charge in [-0.3, -0.25) is 9.69 Å². The van der Waals surface area contributed by atoms with Crippen LogP contribution < -0.4 is 10.2 Å². The second-order valence-corrected chi connectivity index (χ2v) is 15.0. The highest BCUT2D eigenvalue weighted by atomic mass is 19.4. The first-order chi connectivity index (χ1) is 26.4. The van der Waals surface area contributed by atoms with Crippen LogP contribution in [0.4, 0.5) is 32.0 Å². The van der Waals surface area contributed by atoms with Crippen molar-refractivity contribution in [2.24, 2.45) is 0 Å². The van der Waals surface area contributed by atoms with Crippen LogP contribution in [0.2, 0.25) is 0 Å². The molecule has 0 bridgehead atoms. The summed E-state index contributed by atoms with van der Waals surface area (Å²) < 4.78 is 92.1. The van der Waals surface area contributed by atoms with E-state index in [4.69, 9.17) is 9.72 Å². The third-order valence-electron chi connectivity index (χ3n) is 11.5. The largest absolute Gasteiger partial charge is 0.416 e. The number of alkyl halides is 6. The maximum Gasteiger partial charge on any atom is 0.416 e. The Morgan fingerprint density at radius 3 is 2.20 bits per heavy atom. The zero-order valence-corrected chi connectivity index (χ0v) is 30.9. The summed E-state index contributed by atoms with van der Waals surface area (Å²) in [6.07, 6.45) is -2.54. The maximum absolute atomic E-state index is 14.8. The molecule has 7 rings (SSSR count). The predicted octanol–water partition coefficient (Wildman–Crippen LogP) is 9.02. The van der Waals surface area contributed by atoms with Crippen molar-refractivity contribution in [1.29, 1.82) is 0 Å². The van der Waals surface area contributed by atoms with Crippen LogP contribution in [0.15, 0.2) is 72.8 Å². The standard InChI is InChI=1S/C42H47F6N5O2/c1-55-33-17-23-53(24-18-33)32-13-14-36-34(26-32)37(40(54)50-39(42(46,47)48)28-9-4-2-5-10-28)35(38(49-36)29-11-8-12-30(25-29)41(43,44)45)27-51-21-15-31(16-22-51)52-19-6-3-7-20-52/h2,4-5,8-14,25-26,31,33,39H,3,6-7,15-24,27H2,1H3,(H,50,54). The van der Waals surface area contributed by atoms with Crippen LogP contribution in [0.3, 0.4) is 0 Å². The van der Waals surface area contributed by atoms with Crippen molar-refractivity contribution in [2.45, 2.75) is 82.0 Å². The summed E-state index contributed by atoms with van der Waals surface area (Å²) in [5, 5.41) is 2.65. The van der Waals surface area contributed by atoms with Crippen LogP contribution in [0, 0.1) is 0 Å². The predicted molar refractivity (Wildman–Crippen MR) is 201 cm³/mol. The molecule has 1 amide bonds. The van der Waals surface area contributed by atoms with Gasteiger partial charge in [0.25, 0.3) is 5.91 Å². The van der Waals surface area contributed by atoms with E-state index in [9.17, 15) is 31.1 Å². The zero-order chi connectivity index (χ0) is 38.7. The number of pyridine rings is 1. The number of methoxy groups -OCH3 is 1. The number of hydrogen-bond acceptors (Lipinski definition) is 6. The highest BCUT2D eigenvalue weighted by Gasteiger charge is 2.43. The SMILES string of the molecule is COC1CCN(c2ccc3nc(-c4cccc(C(F)(F)F)c4)c(CN4CCC(N5CCCCC5)CC4)c(C(=O)NC(c4ccccc4)C(F)(F)F)c3c2)CC1. The van der Waals surface area contributed by atoms with Crippen molar-refractivity contribution >= 4 is 22.5 Å². The average Bonchev–Trinajstić information content (AvgIpc) is 3.19. The first kappa shape index (κ1) is 39.1. The summed E-state index contributed by atoms with van der Waals surface area (Å²) in [5.41, 5.74) is 0.589. The van der Waals surface area contributed by atoms with E-state index >= 15 is 0 Å². The minimum absolute atomic E-state index is 0.0191. The lowest BCUT2D eigenvalue weighted by atomic mass is 9.92. The van der Waals surface area contributed by atoms with E-state index in [1.807, 2.05) is 6.07 Å². The lowest BCUT2D eigenvalue weighted by Gasteiger charge is -2.40. The molecule has 0 aliphatic carbocycles. The van der Waals surface area contributed by atoms with Gasteiger partial charge in [-0.2, -0.15) is 26.3 Å². The molecular weight excluding hydrogens is 720 g/mol. The van der Waals surface area contributed by atoms with Crippen molar-refractivity contribution in [1.82, 2.24) is 20.1 Å². The lowest BCUT2D eigenvalue weighted by molar-refractivity contribution is -0.155. The molecule has 0 spiro atoms. The Kier molecular flexibility index (Phi) is 11.7. The molecule has 4 heterocycles. The van der Waals surface area contributed by atoms with Gasteiger partial charge in [-0.05, 0) is 101 Å². The van der Waals surface area contributed by atoms with Crippen molar-refractivity contribution in [3.63, 3.8) is 0 Å². The first-order valence-corrected chi connectivity index (χ1v) is 19.2. The van der Waals surface area contributed by atoms with Crippen LogP contribution in [-0.2, 0) is 17.5 Å². The number of ether oxygens (including phenoxy) is 1. The van der Waals surface area contributed by atoms with E-state index in [0.717, 1.165) is 69.4 Å². The second-order valence-electron chi connectivity index (χ2n) is 15.0. The van der Waals surface area contributed by atoms with Gasteiger partial charge in [0, 0.05) is 55.0 Å². The number of carbonyl (C=O) groups excluding carboxylic acids is 1. The maximum atomic E-state index is 14.8. The quantitative estimate of drug-likeness (QED) is 0.172. The van der Waals surface area contributed by atoms with Crippen LogP contribution in [-0.4, -0.2) is 85.4 Å². The molecule has 55 heavy (non-hydrogen) atoms. The number of amides is 1. The molecule has 3 aromatic carbocycles. The second kappa shape index (κ2) is 16.5. The highest BCUT2D eigenvalue weighted by molar-refractivity contribution is 6.10. The monoisotopic (exact) mass is 767 g/mol. The molecule has 3 saturated heterocycles. The highest BCUT2D eigenvalue weighted by Crippen LogP contribution is 2.39. The summed E-state index contributed by atoms with van der Waals surface area (Å²) in [4.78, 5) is 26.5. The van der Waals surface area contributed by atoms with Gasteiger partial charge in [0.1, 0.15) is 0 Å². The van der Waals surface area contributed by atoms with E-state index in [0.29, 0.717) is 48.7 Å². The molecule has 294 valence electrons. The third kappa shape index (κ3) is 8.94. The van der Waals surface area contributed by atoms with Crippen LogP contribution in [0.1, 0.15) is 78.0 Å². The Morgan fingerprint density at radius 1 is 0.836 bits per heavy atom. The Hall–Kier alpha value is -4.20. The molecule has 1 N–H and O–H groups in total. The topological polar surface area (TPSA) is 60.9 Å². The lowest BCUT2D eigenvalue weighted by Crippen LogP contribution is -2.46. The van der Waals surface area contributed by atoms with Gasteiger partial charge >= 0.3 is 12.4 Å². The minimum Gasteiger partial charge on any atom is -0.381 e. The molecule has 0 saturated carbocycles. The van der Waals surface area contributed by atoms with E-state index < -0.39 is 29.9 Å². The number of benzene rings is 3. The van der Waals surface area contributed by atoms with Crippen LogP contribution in [0.25, 0.3) is 22.2 Å². The fraction of sp³-hybridized carbons (Fsp3) is 0.476. The Labute approximate surface area is 317 Å². The van der Waals surface area contributed by atoms with Crippen molar-refractivity contribution in [3.05, 3.63) is 95.1 Å². The van der Waals surface area contributed by atoms with E-state index in [1.54, 1.807) is 25.3 Å². The number of rotatable bonds is 9. The van der Waals surface area contributed by atoms with Gasteiger partial charge in [-0.15, -0.1) is 0 Å². The number of carbonyl (C=O) groups is 1. The van der Waals surface area contributed by atoms with Crippen LogP contribution >= 0.6 is 0 Å². The van der Waals surface area contributed by atoms with Crippen LogP contribution in [0.5, 0.6) is 0 Å². The normalized spacial score (nSPS) is 19.1. The molecule has 4 aromatic rings. The van der Waals surface area contributed by atoms with Crippen molar-refractivity contribution < 1.29 is 35.9 Å². The number of likely N-dealkylation sites (tertiary alicyclic amines) is 2. The number of nitrogens with one attached hydrogen (secondary N) is 1. The Morgan fingerprint density at radius 2 is 1.55 bits per heavy atom. The van der Waals surface area contributed by atoms with Gasteiger partial charge in [-0.1, -0.05) is 48.9 Å². The number of halogens is 6. The van der Waals surface area contributed by atoms with Gasteiger partial charge in [0.2, 0.25) is 0 Å². The van der Waals surface area contributed by atoms with Gasteiger partial charge in [0.05, 0.1) is 28.4 Å². The molecule has 3 aliphatic rings. The average molecular weight is 768 g/mol. The summed E-state index contributed by atoms with van der Waals surface area (Å²) >= 11 is 0. The molecular formula is C42H47F6N5O2. The number of fused-ring (bicyclic) bond motifs is 1. The summed E-state index contributed by atoms with van der Waals surface area (Å²) in [6.45, 7) is 4.88. The minimum atomic E-state index is -4.84. The number of anilines is 1. The Balaban J connectivity index is 1.36. The number of piperidine rings is 3. The molecule has 3 aliphatic heterocycles. The zero-order valence-electron chi connectivity index (χ0n) is 30.9. The van der Waals surface area contributed by atoms with Gasteiger partial charge < -0.3 is 19.9 Å². The Bertz CT molecular complexity index is 1930. The fourth-order valence-corrected chi connectivity index (χ4v) is 8.48. The molecule has 13 heteroatoms.